The van der Waals surface area contributed by atoms with E-state index in [-0.39, 0.29) is 12.1 Å². The van der Waals surface area contributed by atoms with Crippen LogP contribution in [0.5, 0.6) is 17.2 Å². The van der Waals surface area contributed by atoms with Crippen LogP contribution in [0.1, 0.15) is 37.7 Å². The van der Waals surface area contributed by atoms with Crippen LogP contribution in [0.2, 0.25) is 0 Å². The largest absolute Gasteiger partial charge is 0.493 e. The van der Waals surface area contributed by atoms with E-state index < -0.39 is 0 Å². The van der Waals surface area contributed by atoms with Crippen molar-refractivity contribution in [1.29, 1.82) is 0 Å². The smallest absolute Gasteiger partial charge is 0.306 e. The molecule has 0 aliphatic heterocycles. The van der Waals surface area contributed by atoms with Crippen LogP contribution in [0.4, 0.5) is 0 Å². The molecule has 0 heterocycles. The topological polar surface area (TPSA) is 57.2 Å². The summed E-state index contributed by atoms with van der Waals surface area (Å²) in [6.07, 6.45) is 5.39. The van der Waals surface area contributed by atoms with Gasteiger partial charge in [-0.15, -0.1) is 0 Å². The molecule has 6 heteroatoms. The van der Waals surface area contributed by atoms with Crippen molar-refractivity contribution in [1.82, 2.24) is 4.90 Å². The Morgan fingerprint density at radius 2 is 1.67 bits per heavy atom. The molecule has 0 unspecified atom stereocenters. The molecular weight excluding hydrogens is 346 g/mol. The van der Waals surface area contributed by atoms with Crippen molar-refractivity contribution in [3.8, 4) is 17.2 Å². The van der Waals surface area contributed by atoms with Gasteiger partial charge in [0, 0.05) is 18.9 Å². The Morgan fingerprint density at radius 3 is 2.22 bits per heavy atom. The highest BCUT2D eigenvalue weighted by Gasteiger charge is 2.28. The summed E-state index contributed by atoms with van der Waals surface area (Å²) in [7, 11) is 8.88. The molecule has 0 amide bonds. The van der Waals surface area contributed by atoms with Gasteiger partial charge in [-0.25, -0.2) is 0 Å². The fourth-order valence-corrected chi connectivity index (χ4v) is 3.76. The Bertz CT molecular complexity index is 592. The number of hydrogen-bond acceptors (Lipinski definition) is 6. The Morgan fingerprint density at radius 1 is 1.04 bits per heavy atom. The summed E-state index contributed by atoms with van der Waals surface area (Å²) in [5, 5.41) is 0. The lowest BCUT2D eigenvalue weighted by Crippen LogP contribution is -2.36. The van der Waals surface area contributed by atoms with Crippen molar-refractivity contribution in [2.75, 3.05) is 42.0 Å². The van der Waals surface area contributed by atoms with Gasteiger partial charge >= 0.3 is 5.97 Å². The molecular formula is C21H33NO5. The van der Waals surface area contributed by atoms with Crippen LogP contribution in [0.25, 0.3) is 0 Å². The zero-order valence-electron chi connectivity index (χ0n) is 17.2. The molecule has 1 aromatic rings. The summed E-state index contributed by atoms with van der Waals surface area (Å²) in [6.45, 7) is 0.963. The predicted octanol–water partition coefficient (Wildman–Crippen LogP) is 3.31. The number of ether oxygens (including phenoxy) is 4. The van der Waals surface area contributed by atoms with Crippen molar-refractivity contribution in [3.05, 3.63) is 17.7 Å². The molecule has 0 spiro atoms. The maximum absolute atomic E-state index is 12.4. The van der Waals surface area contributed by atoms with Crippen LogP contribution in [0.3, 0.4) is 0 Å². The summed E-state index contributed by atoms with van der Waals surface area (Å²) in [5.41, 5.74) is 0.954. The van der Waals surface area contributed by atoms with Gasteiger partial charge in [-0.1, -0.05) is 6.42 Å². The highest BCUT2D eigenvalue weighted by Crippen LogP contribution is 2.38. The van der Waals surface area contributed by atoms with Crippen molar-refractivity contribution in [3.63, 3.8) is 0 Å². The molecule has 1 fully saturated rings. The van der Waals surface area contributed by atoms with E-state index in [4.69, 9.17) is 18.9 Å². The van der Waals surface area contributed by atoms with Gasteiger partial charge in [0.25, 0.3) is 0 Å². The summed E-state index contributed by atoms with van der Waals surface area (Å²) < 4.78 is 21.9. The van der Waals surface area contributed by atoms with Gasteiger partial charge in [-0.3, -0.25) is 4.79 Å². The van der Waals surface area contributed by atoms with E-state index in [9.17, 15) is 4.79 Å². The number of esters is 1. The first-order valence-electron chi connectivity index (χ1n) is 9.61. The first-order valence-corrected chi connectivity index (χ1v) is 9.61. The minimum Gasteiger partial charge on any atom is -0.493 e. The minimum atomic E-state index is -0.139. The second-order valence-electron chi connectivity index (χ2n) is 7.37. The number of carbonyl (C=O) groups is 1. The lowest BCUT2D eigenvalue weighted by Gasteiger charge is -2.33. The van der Waals surface area contributed by atoms with Crippen LogP contribution < -0.4 is 14.2 Å². The first kappa shape index (κ1) is 21.4. The van der Waals surface area contributed by atoms with Crippen LogP contribution in [0, 0.1) is 5.92 Å². The van der Waals surface area contributed by atoms with E-state index in [2.05, 4.69) is 19.0 Å². The molecule has 0 N–H and O–H groups in total. The molecule has 6 nitrogen and oxygen atoms in total. The molecule has 27 heavy (non-hydrogen) atoms. The monoisotopic (exact) mass is 379 g/mol. The van der Waals surface area contributed by atoms with Crippen LogP contribution in [-0.2, 0) is 16.0 Å². The first-order chi connectivity index (χ1) is 13.0. The fourth-order valence-electron chi connectivity index (χ4n) is 3.76. The number of carbonyl (C=O) groups excluding carboxylic acids is 1. The maximum atomic E-state index is 12.4. The number of nitrogens with zero attached hydrogens (tertiary/aromatic N) is 1. The summed E-state index contributed by atoms with van der Waals surface area (Å²) in [6, 6.07) is 3.76. The number of aryl methyl sites for hydroxylation is 1. The highest BCUT2D eigenvalue weighted by molar-refractivity contribution is 5.70. The Kier molecular flexibility index (Phi) is 8.23. The van der Waals surface area contributed by atoms with Gasteiger partial charge in [-0.05, 0) is 57.5 Å². The van der Waals surface area contributed by atoms with Crippen LogP contribution in [-0.4, -0.2) is 58.9 Å². The van der Waals surface area contributed by atoms with Crippen LogP contribution in [0.15, 0.2) is 12.1 Å². The van der Waals surface area contributed by atoms with Crippen molar-refractivity contribution in [2.24, 2.45) is 5.92 Å². The summed E-state index contributed by atoms with van der Waals surface area (Å²) in [5.74, 6) is 2.04. The summed E-state index contributed by atoms with van der Waals surface area (Å²) in [4.78, 5) is 14.6. The quantitative estimate of drug-likeness (QED) is 0.614. The standard InChI is InChI=1S/C21H33NO5/c1-22(2)14-16-8-6-7-9-17(16)27-20(23)11-10-15-12-18(24-3)21(26-5)19(13-15)25-4/h12-13,16-17H,6-11,14H2,1-5H3/t16-,17-/m1/s1. The molecule has 0 bridgehead atoms. The molecule has 0 radical (unpaired) electrons. The number of methoxy groups -OCH3 is 3. The van der Waals surface area contributed by atoms with E-state index in [1.807, 2.05) is 12.1 Å². The lowest BCUT2D eigenvalue weighted by molar-refractivity contribution is -0.154. The van der Waals surface area contributed by atoms with E-state index in [1.165, 1.54) is 6.42 Å². The molecule has 1 aromatic carbocycles. The third-order valence-electron chi connectivity index (χ3n) is 5.06. The minimum absolute atomic E-state index is 0.0357. The molecule has 152 valence electrons. The van der Waals surface area contributed by atoms with E-state index in [1.54, 1.807) is 21.3 Å². The Balaban J connectivity index is 1.96. The lowest BCUT2D eigenvalue weighted by atomic mass is 9.86. The van der Waals surface area contributed by atoms with Gasteiger partial charge in [-0.2, -0.15) is 0 Å². The molecule has 2 atom stereocenters. The molecule has 1 saturated carbocycles. The van der Waals surface area contributed by atoms with Crippen molar-refractivity contribution < 1.29 is 23.7 Å². The zero-order chi connectivity index (χ0) is 19.8. The molecule has 1 aliphatic carbocycles. The van der Waals surface area contributed by atoms with Crippen molar-refractivity contribution in [2.45, 2.75) is 44.6 Å². The van der Waals surface area contributed by atoms with Gasteiger partial charge < -0.3 is 23.8 Å². The van der Waals surface area contributed by atoms with E-state index in [0.717, 1.165) is 31.4 Å². The molecule has 0 aromatic heterocycles. The average molecular weight is 379 g/mol. The number of benzene rings is 1. The van der Waals surface area contributed by atoms with Gasteiger partial charge in [0.15, 0.2) is 11.5 Å². The summed E-state index contributed by atoms with van der Waals surface area (Å²) >= 11 is 0. The van der Waals surface area contributed by atoms with Gasteiger partial charge in [0.05, 0.1) is 21.3 Å². The predicted molar refractivity (Wildman–Crippen MR) is 105 cm³/mol. The molecule has 0 saturated heterocycles. The van der Waals surface area contributed by atoms with Crippen molar-refractivity contribution >= 4 is 5.97 Å². The SMILES string of the molecule is COc1cc(CCC(=O)O[C@@H]2CCCC[C@@H]2CN(C)C)cc(OC)c1OC. The number of hydrogen-bond donors (Lipinski definition) is 0. The number of rotatable bonds is 9. The second kappa shape index (κ2) is 10.4. The Labute approximate surface area is 162 Å². The highest BCUT2D eigenvalue weighted by atomic mass is 16.5. The Hall–Kier alpha value is -1.95. The second-order valence-corrected chi connectivity index (χ2v) is 7.37. The molecule has 2 rings (SSSR count). The van der Waals surface area contributed by atoms with E-state index in [0.29, 0.717) is 36.0 Å². The van der Waals surface area contributed by atoms with Gasteiger partial charge in [0.1, 0.15) is 6.10 Å². The third kappa shape index (κ3) is 6.03. The van der Waals surface area contributed by atoms with E-state index >= 15 is 0 Å². The fraction of sp³-hybridized carbons (Fsp3) is 0.667. The third-order valence-corrected chi connectivity index (χ3v) is 5.06. The average Bonchev–Trinajstić information content (AvgIpc) is 2.66. The van der Waals surface area contributed by atoms with Gasteiger partial charge in [0.2, 0.25) is 5.75 Å². The normalized spacial score (nSPS) is 19.6. The van der Waals surface area contributed by atoms with Crippen LogP contribution >= 0.6 is 0 Å². The maximum Gasteiger partial charge on any atom is 0.306 e. The molecule has 1 aliphatic rings. The zero-order valence-corrected chi connectivity index (χ0v) is 17.2.